The summed E-state index contributed by atoms with van der Waals surface area (Å²) in [6, 6.07) is 21.7. The van der Waals surface area contributed by atoms with Crippen molar-refractivity contribution in [3.05, 3.63) is 106 Å². The molecule has 3 rings (SSSR count). The van der Waals surface area contributed by atoms with Gasteiger partial charge in [-0.05, 0) is 41.3 Å². The number of nitrogens with one attached hydrogen (secondary N) is 1. The second-order valence-electron chi connectivity index (χ2n) is 6.18. The maximum Gasteiger partial charge on any atom is 0.225 e. The van der Waals surface area contributed by atoms with E-state index in [4.69, 9.17) is 11.6 Å². The lowest BCUT2D eigenvalue weighted by Crippen LogP contribution is -2.31. The summed E-state index contributed by atoms with van der Waals surface area (Å²) in [6.45, 7) is 2.01. The molecule has 0 fully saturated rings. The van der Waals surface area contributed by atoms with Gasteiger partial charge in [-0.25, -0.2) is 4.39 Å². The fourth-order valence-electron chi connectivity index (χ4n) is 2.95. The standard InChI is InChI=1S/C22H19ClFNO/c1-15-7-5-6-10-19(15)22(16-8-3-2-4-9-16)25-21(26)13-17-11-12-18(23)14-20(17)24/h2-12,14,22H,13H2,1H3,(H,25,26)/t22-/m1/s1. The van der Waals surface area contributed by atoms with Gasteiger partial charge in [-0.15, -0.1) is 0 Å². The molecule has 0 radical (unpaired) electrons. The van der Waals surface area contributed by atoms with Gasteiger partial charge < -0.3 is 5.32 Å². The third-order valence-corrected chi connectivity index (χ3v) is 4.54. The Kier molecular flexibility index (Phi) is 5.69. The van der Waals surface area contributed by atoms with Gasteiger partial charge in [0.05, 0.1) is 12.5 Å². The van der Waals surface area contributed by atoms with Crippen LogP contribution < -0.4 is 5.32 Å². The molecule has 3 aromatic carbocycles. The Hall–Kier alpha value is -2.65. The maximum absolute atomic E-state index is 14.0. The van der Waals surface area contributed by atoms with Gasteiger partial charge in [-0.3, -0.25) is 4.79 Å². The lowest BCUT2D eigenvalue weighted by molar-refractivity contribution is -0.121. The average molecular weight is 368 g/mol. The van der Waals surface area contributed by atoms with Crippen LogP contribution in [0.1, 0.15) is 28.3 Å². The van der Waals surface area contributed by atoms with E-state index in [9.17, 15) is 9.18 Å². The Bertz CT molecular complexity index is 911. The average Bonchev–Trinajstić information content (AvgIpc) is 2.63. The van der Waals surface area contributed by atoms with Crippen molar-refractivity contribution in [2.24, 2.45) is 0 Å². The number of hydrogen-bond donors (Lipinski definition) is 1. The molecule has 0 aliphatic heterocycles. The molecule has 132 valence electrons. The van der Waals surface area contributed by atoms with Crippen molar-refractivity contribution in [1.82, 2.24) is 5.32 Å². The van der Waals surface area contributed by atoms with Crippen LogP contribution >= 0.6 is 11.6 Å². The minimum atomic E-state index is -0.472. The third-order valence-electron chi connectivity index (χ3n) is 4.30. The molecule has 0 heterocycles. The monoisotopic (exact) mass is 367 g/mol. The summed E-state index contributed by atoms with van der Waals surface area (Å²) in [6.07, 6.45) is -0.0434. The van der Waals surface area contributed by atoms with E-state index in [2.05, 4.69) is 5.32 Å². The topological polar surface area (TPSA) is 29.1 Å². The molecular weight excluding hydrogens is 349 g/mol. The lowest BCUT2D eigenvalue weighted by atomic mass is 9.94. The normalized spacial score (nSPS) is 11.8. The Balaban J connectivity index is 1.86. The fraction of sp³-hybridized carbons (Fsp3) is 0.136. The number of halogens is 2. The number of benzene rings is 3. The first kappa shape index (κ1) is 18.2. The van der Waals surface area contributed by atoms with Crippen LogP contribution in [0, 0.1) is 12.7 Å². The Morgan fingerprint density at radius 2 is 1.73 bits per heavy atom. The van der Waals surface area contributed by atoms with Crippen molar-refractivity contribution in [3.63, 3.8) is 0 Å². The van der Waals surface area contributed by atoms with Crippen LogP contribution in [0.25, 0.3) is 0 Å². The number of rotatable bonds is 5. The number of carbonyl (C=O) groups excluding carboxylic acids is 1. The van der Waals surface area contributed by atoms with Gasteiger partial charge in [0.1, 0.15) is 5.82 Å². The molecule has 3 aromatic rings. The molecule has 0 aliphatic carbocycles. The quantitative estimate of drug-likeness (QED) is 0.656. The first-order chi connectivity index (χ1) is 12.5. The third kappa shape index (κ3) is 4.30. The van der Waals surface area contributed by atoms with Gasteiger partial charge in [-0.2, -0.15) is 0 Å². The first-order valence-electron chi connectivity index (χ1n) is 8.38. The van der Waals surface area contributed by atoms with Crippen molar-refractivity contribution >= 4 is 17.5 Å². The second kappa shape index (κ2) is 8.15. The van der Waals surface area contributed by atoms with E-state index in [-0.39, 0.29) is 18.4 Å². The molecule has 26 heavy (non-hydrogen) atoms. The zero-order chi connectivity index (χ0) is 18.5. The number of aryl methyl sites for hydroxylation is 1. The Morgan fingerprint density at radius 3 is 2.42 bits per heavy atom. The van der Waals surface area contributed by atoms with Crippen molar-refractivity contribution in [3.8, 4) is 0 Å². The first-order valence-corrected chi connectivity index (χ1v) is 8.76. The summed E-state index contributed by atoms with van der Waals surface area (Å²) in [7, 11) is 0. The molecule has 1 N–H and O–H groups in total. The number of hydrogen-bond acceptors (Lipinski definition) is 1. The highest BCUT2D eigenvalue weighted by atomic mass is 35.5. The van der Waals surface area contributed by atoms with E-state index in [1.54, 1.807) is 12.1 Å². The molecule has 0 spiro atoms. The highest BCUT2D eigenvalue weighted by molar-refractivity contribution is 6.30. The van der Waals surface area contributed by atoms with Gasteiger partial charge in [0.2, 0.25) is 5.91 Å². The summed E-state index contributed by atoms with van der Waals surface area (Å²) < 4.78 is 14.0. The fourth-order valence-corrected chi connectivity index (χ4v) is 3.11. The molecule has 1 amide bonds. The molecular formula is C22H19ClFNO. The van der Waals surface area contributed by atoms with Crippen LogP contribution in [0.2, 0.25) is 5.02 Å². The molecule has 1 atom stereocenters. The Morgan fingerprint density at radius 1 is 1.04 bits per heavy atom. The molecule has 0 saturated heterocycles. The Labute approximate surface area is 157 Å². The number of amides is 1. The zero-order valence-electron chi connectivity index (χ0n) is 14.4. The minimum absolute atomic E-state index is 0.0434. The molecule has 0 aliphatic rings. The highest BCUT2D eigenvalue weighted by Gasteiger charge is 2.19. The van der Waals surface area contributed by atoms with Gasteiger partial charge in [-0.1, -0.05) is 72.3 Å². The minimum Gasteiger partial charge on any atom is -0.345 e. The predicted molar refractivity (Wildman–Crippen MR) is 103 cm³/mol. The van der Waals surface area contributed by atoms with Gasteiger partial charge in [0.25, 0.3) is 0 Å². The predicted octanol–water partition coefficient (Wildman–Crippen LogP) is 5.24. The van der Waals surface area contributed by atoms with E-state index >= 15 is 0 Å². The van der Waals surface area contributed by atoms with Crippen LogP contribution in [0.3, 0.4) is 0 Å². The molecule has 0 unspecified atom stereocenters. The van der Waals surface area contributed by atoms with Crippen molar-refractivity contribution < 1.29 is 9.18 Å². The highest BCUT2D eigenvalue weighted by Crippen LogP contribution is 2.25. The zero-order valence-corrected chi connectivity index (χ0v) is 15.1. The van der Waals surface area contributed by atoms with Crippen molar-refractivity contribution in [1.29, 1.82) is 0 Å². The summed E-state index contributed by atoms with van der Waals surface area (Å²) >= 11 is 5.77. The summed E-state index contributed by atoms with van der Waals surface area (Å²) in [5.74, 6) is -0.719. The van der Waals surface area contributed by atoms with Crippen LogP contribution in [0.4, 0.5) is 4.39 Å². The second-order valence-corrected chi connectivity index (χ2v) is 6.62. The van der Waals surface area contributed by atoms with Crippen molar-refractivity contribution in [2.75, 3.05) is 0 Å². The van der Waals surface area contributed by atoms with E-state index < -0.39 is 5.82 Å². The smallest absolute Gasteiger partial charge is 0.225 e. The van der Waals surface area contributed by atoms with E-state index in [1.807, 2.05) is 61.5 Å². The van der Waals surface area contributed by atoms with Crippen LogP contribution in [0.15, 0.2) is 72.8 Å². The summed E-state index contributed by atoms with van der Waals surface area (Å²) in [5.41, 5.74) is 3.40. The van der Waals surface area contributed by atoms with E-state index in [0.29, 0.717) is 10.6 Å². The molecule has 0 bridgehead atoms. The molecule has 2 nitrogen and oxygen atoms in total. The van der Waals surface area contributed by atoms with E-state index in [0.717, 1.165) is 16.7 Å². The SMILES string of the molecule is Cc1ccccc1[C@H](NC(=O)Cc1ccc(Cl)cc1F)c1ccccc1. The summed E-state index contributed by atoms with van der Waals surface area (Å²) in [4.78, 5) is 12.6. The molecule has 0 aromatic heterocycles. The van der Waals surface area contributed by atoms with Crippen LogP contribution in [-0.4, -0.2) is 5.91 Å². The van der Waals surface area contributed by atoms with E-state index in [1.165, 1.54) is 6.07 Å². The number of carbonyl (C=O) groups is 1. The maximum atomic E-state index is 14.0. The summed E-state index contributed by atoms with van der Waals surface area (Å²) in [5, 5.41) is 3.36. The molecule has 4 heteroatoms. The lowest BCUT2D eigenvalue weighted by Gasteiger charge is -2.22. The van der Waals surface area contributed by atoms with Crippen LogP contribution in [-0.2, 0) is 11.2 Å². The van der Waals surface area contributed by atoms with Crippen molar-refractivity contribution in [2.45, 2.75) is 19.4 Å². The van der Waals surface area contributed by atoms with Gasteiger partial charge in [0, 0.05) is 5.02 Å². The van der Waals surface area contributed by atoms with Gasteiger partial charge >= 0.3 is 0 Å². The molecule has 0 saturated carbocycles. The van der Waals surface area contributed by atoms with Gasteiger partial charge in [0.15, 0.2) is 0 Å². The van der Waals surface area contributed by atoms with Crippen LogP contribution in [0.5, 0.6) is 0 Å². The largest absolute Gasteiger partial charge is 0.345 e.